The van der Waals surface area contributed by atoms with Crippen molar-refractivity contribution in [1.29, 1.82) is 0 Å². The van der Waals surface area contributed by atoms with Crippen molar-refractivity contribution in [3.05, 3.63) is 59.4 Å². The van der Waals surface area contributed by atoms with E-state index in [2.05, 4.69) is 4.98 Å². The first kappa shape index (κ1) is 9.46. The Morgan fingerprint density at radius 3 is 2.60 bits per heavy atom. The second-order valence-electron chi connectivity index (χ2n) is 3.25. The lowest BCUT2D eigenvalue weighted by atomic mass is 10.1. The summed E-state index contributed by atoms with van der Waals surface area (Å²) in [6.45, 7) is 0. The van der Waals surface area contributed by atoms with Gasteiger partial charge < -0.3 is 4.98 Å². The van der Waals surface area contributed by atoms with E-state index in [1.54, 1.807) is 6.07 Å². The molecular formula is C13H11NO. The number of hydrogen-bond donors (Lipinski definition) is 1. The Labute approximate surface area is 88.3 Å². The normalized spacial score (nSPS) is 10.7. The number of H-pyrrole nitrogens is 1. The summed E-state index contributed by atoms with van der Waals surface area (Å²) < 4.78 is 0. The maximum Gasteiger partial charge on any atom is 0.150 e. The summed E-state index contributed by atoms with van der Waals surface area (Å²) in [5, 5.41) is 0. The van der Waals surface area contributed by atoms with E-state index in [1.165, 1.54) is 0 Å². The summed E-state index contributed by atoms with van der Waals surface area (Å²) in [7, 11) is 0. The van der Waals surface area contributed by atoms with Gasteiger partial charge in [-0.25, -0.2) is 0 Å². The van der Waals surface area contributed by atoms with Crippen LogP contribution in [0.4, 0.5) is 0 Å². The first-order valence-corrected chi connectivity index (χ1v) is 4.75. The molecule has 0 aliphatic heterocycles. The first-order valence-electron chi connectivity index (χ1n) is 4.75. The summed E-state index contributed by atoms with van der Waals surface area (Å²) in [6.07, 6.45) is 6.68. The molecule has 2 rings (SSSR count). The Bertz CT molecular complexity index is 469. The van der Waals surface area contributed by atoms with Crippen molar-refractivity contribution in [2.75, 3.05) is 0 Å². The van der Waals surface area contributed by atoms with Crippen LogP contribution in [0.25, 0.3) is 12.2 Å². The first-order chi connectivity index (χ1) is 7.38. The van der Waals surface area contributed by atoms with Gasteiger partial charge in [-0.15, -0.1) is 0 Å². The molecule has 74 valence electrons. The smallest absolute Gasteiger partial charge is 0.150 e. The van der Waals surface area contributed by atoms with E-state index in [0.717, 1.165) is 17.5 Å². The Hall–Kier alpha value is -2.09. The molecule has 0 aliphatic carbocycles. The van der Waals surface area contributed by atoms with Crippen LogP contribution in [0.1, 0.15) is 21.6 Å². The molecule has 1 aromatic carbocycles. The van der Waals surface area contributed by atoms with Gasteiger partial charge in [0.2, 0.25) is 0 Å². The fraction of sp³-hybridized carbons (Fsp3) is 0. The summed E-state index contributed by atoms with van der Waals surface area (Å²) >= 11 is 0. The molecule has 0 spiro atoms. The van der Waals surface area contributed by atoms with E-state index in [1.807, 2.05) is 48.7 Å². The molecule has 0 unspecified atom stereocenters. The van der Waals surface area contributed by atoms with Crippen molar-refractivity contribution in [2.24, 2.45) is 0 Å². The van der Waals surface area contributed by atoms with Gasteiger partial charge >= 0.3 is 0 Å². The number of carbonyl (C=O) groups is 1. The van der Waals surface area contributed by atoms with Crippen molar-refractivity contribution in [1.82, 2.24) is 4.98 Å². The fourth-order valence-electron chi connectivity index (χ4n) is 1.37. The molecule has 0 saturated carbocycles. The molecule has 0 atom stereocenters. The molecule has 15 heavy (non-hydrogen) atoms. The average Bonchev–Trinajstić information content (AvgIpc) is 2.79. The van der Waals surface area contributed by atoms with Crippen molar-refractivity contribution < 1.29 is 4.79 Å². The maximum absolute atomic E-state index is 10.6. The van der Waals surface area contributed by atoms with Crippen molar-refractivity contribution in [3.8, 4) is 0 Å². The minimum Gasteiger partial charge on any atom is -0.362 e. The Morgan fingerprint density at radius 1 is 1.00 bits per heavy atom. The van der Waals surface area contributed by atoms with Gasteiger partial charge in [0.05, 0.1) is 0 Å². The molecule has 0 saturated heterocycles. The monoisotopic (exact) mass is 197 g/mol. The molecule has 2 heteroatoms. The van der Waals surface area contributed by atoms with Crippen LogP contribution in [-0.2, 0) is 0 Å². The summed E-state index contributed by atoms with van der Waals surface area (Å²) in [5.74, 6) is 0. The second-order valence-corrected chi connectivity index (χ2v) is 3.25. The molecule has 0 bridgehead atoms. The highest BCUT2D eigenvalue weighted by Gasteiger charge is 1.91. The number of hydrogen-bond acceptors (Lipinski definition) is 1. The van der Waals surface area contributed by atoms with Gasteiger partial charge in [0.15, 0.2) is 0 Å². The van der Waals surface area contributed by atoms with Crippen LogP contribution in [0.3, 0.4) is 0 Å². The number of aldehydes is 1. The predicted molar refractivity (Wildman–Crippen MR) is 61.6 cm³/mol. The van der Waals surface area contributed by atoms with Gasteiger partial charge in [0, 0.05) is 17.5 Å². The molecule has 0 fully saturated rings. The number of benzene rings is 1. The van der Waals surface area contributed by atoms with Crippen molar-refractivity contribution in [2.45, 2.75) is 0 Å². The summed E-state index contributed by atoms with van der Waals surface area (Å²) in [6, 6.07) is 11.4. The van der Waals surface area contributed by atoms with Gasteiger partial charge in [-0.3, -0.25) is 4.79 Å². The predicted octanol–water partition coefficient (Wildman–Crippen LogP) is 3.00. The molecule has 2 aromatic rings. The van der Waals surface area contributed by atoms with Crippen molar-refractivity contribution >= 4 is 18.4 Å². The van der Waals surface area contributed by atoms with Gasteiger partial charge in [-0.2, -0.15) is 0 Å². The number of nitrogens with one attached hydrogen (secondary N) is 1. The highest BCUT2D eigenvalue weighted by molar-refractivity contribution is 5.77. The van der Waals surface area contributed by atoms with Gasteiger partial charge in [-0.1, -0.05) is 24.3 Å². The third-order valence-corrected chi connectivity index (χ3v) is 2.12. The van der Waals surface area contributed by atoms with Crippen LogP contribution >= 0.6 is 0 Å². The standard InChI is InChI=1S/C13H11NO/c15-10-12-4-1-3-11(9-12)6-7-13-5-2-8-14-13/h1-10,14H/b7-6+. The number of rotatable bonds is 3. The lowest BCUT2D eigenvalue weighted by Gasteiger charge is -1.94. The SMILES string of the molecule is O=Cc1cccc(/C=C/c2ccc[nH]2)c1. The molecule has 0 radical (unpaired) electrons. The topological polar surface area (TPSA) is 32.9 Å². The highest BCUT2D eigenvalue weighted by Crippen LogP contribution is 2.08. The number of aromatic amines is 1. The van der Waals surface area contributed by atoms with Crippen LogP contribution < -0.4 is 0 Å². The van der Waals surface area contributed by atoms with E-state index >= 15 is 0 Å². The van der Waals surface area contributed by atoms with E-state index < -0.39 is 0 Å². The van der Waals surface area contributed by atoms with E-state index in [9.17, 15) is 4.79 Å². The zero-order chi connectivity index (χ0) is 10.5. The van der Waals surface area contributed by atoms with Crippen LogP contribution in [0.5, 0.6) is 0 Å². The fourth-order valence-corrected chi connectivity index (χ4v) is 1.37. The lowest BCUT2D eigenvalue weighted by Crippen LogP contribution is -1.79. The minimum atomic E-state index is 0.698. The largest absolute Gasteiger partial charge is 0.362 e. The van der Waals surface area contributed by atoms with E-state index in [4.69, 9.17) is 0 Å². The van der Waals surface area contributed by atoms with Gasteiger partial charge in [0.25, 0.3) is 0 Å². The zero-order valence-corrected chi connectivity index (χ0v) is 8.18. The third kappa shape index (κ3) is 2.44. The number of aromatic nitrogens is 1. The molecule has 0 amide bonds. The molecule has 1 aromatic heterocycles. The number of carbonyl (C=O) groups excluding carboxylic acids is 1. The van der Waals surface area contributed by atoms with E-state index in [0.29, 0.717) is 5.56 Å². The minimum absolute atomic E-state index is 0.698. The Balaban J connectivity index is 2.20. The van der Waals surface area contributed by atoms with Crippen LogP contribution in [0.15, 0.2) is 42.6 Å². The molecule has 1 heterocycles. The van der Waals surface area contributed by atoms with E-state index in [-0.39, 0.29) is 0 Å². The van der Waals surface area contributed by atoms with Crippen LogP contribution in [-0.4, -0.2) is 11.3 Å². The lowest BCUT2D eigenvalue weighted by molar-refractivity contribution is 0.112. The molecule has 0 aliphatic rings. The van der Waals surface area contributed by atoms with Crippen molar-refractivity contribution in [3.63, 3.8) is 0 Å². The summed E-state index contributed by atoms with van der Waals surface area (Å²) in [4.78, 5) is 13.6. The highest BCUT2D eigenvalue weighted by atomic mass is 16.1. The molecule has 2 nitrogen and oxygen atoms in total. The van der Waals surface area contributed by atoms with Crippen LogP contribution in [0.2, 0.25) is 0 Å². The van der Waals surface area contributed by atoms with Gasteiger partial charge in [-0.05, 0) is 29.8 Å². The third-order valence-electron chi connectivity index (χ3n) is 2.12. The second kappa shape index (κ2) is 4.42. The zero-order valence-electron chi connectivity index (χ0n) is 8.18. The van der Waals surface area contributed by atoms with Gasteiger partial charge in [0.1, 0.15) is 6.29 Å². The summed E-state index contributed by atoms with van der Waals surface area (Å²) in [5.41, 5.74) is 2.77. The molecular weight excluding hydrogens is 186 g/mol. The average molecular weight is 197 g/mol. The Morgan fingerprint density at radius 2 is 1.87 bits per heavy atom. The maximum atomic E-state index is 10.6. The quantitative estimate of drug-likeness (QED) is 0.754. The van der Waals surface area contributed by atoms with Crippen LogP contribution in [0, 0.1) is 0 Å². The Kier molecular flexibility index (Phi) is 2.79. The molecule has 1 N–H and O–H groups in total.